The number of oxime groups is 1. The molecule has 14 heavy (non-hydrogen) atoms. The molecule has 0 unspecified atom stereocenters. The SMILES string of the molecule is C[C@@H](O[Si](C)(C)C(C)(C)C)/C(N)=N/O. The van der Waals surface area contributed by atoms with E-state index in [9.17, 15) is 0 Å². The minimum atomic E-state index is -1.82. The van der Waals surface area contributed by atoms with Gasteiger partial charge in [-0.2, -0.15) is 0 Å². The molecule has 0 aliphatic rings. The molecular formula is C9H22N2O2Si. The maximum Gasteiger partial charge on any atom is 0.193 e. The molecule has 0 fully saturated rings. The predicted molar refractivity (Wildman–Crippen MR) is 61.2 cm³/mol. The van der Waals surface area contributed by atoms with Crippen LogP contribution in [0.1, 0.15) is 27.7 Å². The van der Waals surface area contributed by atoms with Crippen LogP contribution in [0.5, 0.6) is 0 Å². The fraction of sp³-hybridized carbons (Fsp3) is 0.889. The second-order valence-corrected chi connectivity index (χ2v) is 9.80. The van der Waals surface area contributed by atoms with Crippen LogP contribution in [0.15, 0.2) is 5.16 Å². The van der Waals surface area contributed by atoms with E-state index in [0.717, 1.165) is 0 Å². The third kappa shape index (κ3) is 3.30. The lowest BCUT2D eigenvalue weighted by Crippen LogP contribution is -2.46. The number of nitrogens with two attached hydrogens (primary N) is 1. The number of rotatable bonds is 3. The molecule has 0 spiro atoms. The first kappa shape index (κ1) is 13.4. The molecule has 0 heterocycles. The normalized spacial score (nSPS) is 16.9. The van der Waals surface area contributed by atoms with Crippen LogP contribution in [0.4, 0.5) is 0 Å². The van der Waals surface area contributed by atoms with Gasteiger partial charge < -0.3 is 15.4 Å². The number of hydrogen-bond donors (Lipinski definition) is 2. The number of nitrogens with zero attached hydrogens (tertiary/aromatic N) is 1. The first-order valence-corrected chi connectivity index (χ1v) is 7.68. The van der Waals surface area contributed by atoms with Gasteiger partial charge in [0.2, 0.25) is 0 Å². The lowest BCUT2D eigenvalue weighted by Gasteiger charge is -2.38. The van der Waals surface area contributed by atoms with Crippen LogP contribution in [-0.2, 0) is 4.43 Å². The molecule has 5 heteroatoms. The van der Waals surface area contributed by atoms with Crippen molar-refractivity contribution in [2.75, 3.05) is 0 Å². The molecule has 0 bridgehead atoms. The van der Waals surface area contributed by atoms with E-state index in [1.165, 1.54) is 0 Å². The van der Waals surface area contributed by atoms with Crippen molar-refractivity contribution in [3.8, 4) is 0 Å². The standard InChI is InChI=1S/C9H22N2O2Si/c1-7(8(10)11-12)13-14(5,6)9(2,3)4/h7,12H,1-6H3,(H2,10,11)/t7-/m1/s1. The molecule has 0 saturated heterocycles. The maximum absolute atomic E-state index is 8.50. The molecule has 4 nitrogen and oxygen atoms in total. The van der Waals surface area contributed by atoms with E-state index in [0.29, 0.717) is 0 Å². The predicted octanol–water partition coefficient (Wildman–Crippen LogP) is 2.14. The van der Waals surface area contributed by atoms with Crippen molar-refractivity contribution in [1.82, 2.24) is 0 Å². The van der Waals surface area contributed by atoms with Gasteiger partial charge in [-0.15, -0.1) is 0 Å². The highest BCUT2D eigenvalue weighted by molar-refractivity contribution is 6.74. The molecule has 0 aromatic rings. The van der Waals surface area contributed by atoms with Gasteiger partial charge in [0.05, 0.1) is 0 Å². The van der Waals surface area contributed by atoms with Crippen molar-refractivity contribution in [2.45, 2.75) is 51.9 Å². The van der Waals surface area contributed by atoms with E-state index in [1.54, 1.807) is 6.92 Å². The summed E-state index contributed by atoms with van der Waals surface area (Å²) in [6.07, 6.45) is -0.319. The Kier molecular flexibility index (Phi) is 4.14. The Morgan fingerprint density at radius 1 is 1.43 bits per heavy atom. The van der Waals surface area contributed by atoms with Crippen molar-refractivity contribution < 1.29 is 9.63 Å². The van der Waals surface area contributed by atoms with E-state index < -0.39 is 8.32 Å². The molecule has 0 radical (unpaired) electrons. The van der Waals surface area contributed by atoms with Crippen LogP contribution in [-0.4, -0.2) is 25.5 Å². The van der Waals surface area contributed by atoms with Crippen molar-refractivity contribution in [3.63, 3.8) is 0 Å². The molecule has 0 amide bonds. The Labute approximate surface area is 87.3 Å². The quantitative estimate of drug-likeness (QED) is 0.251. The smallest absolute Gasteiger partial charge is 0.193 e. The third-order valence-corrected chi connectivity index (χ3v) is 7.36. The number of amidine groups is 1. The molecule has 0 aliphatic carbocycles. The van der Waals surface area contributed by atoms with Crippen LogP contribution in [0.3, 0.4) is 0 Å². The lowest BCUT2D eigenvalue weighted by atomic mass is 10.2. The molecule has 0 aromatic heterocycles. The minimum Gasteiger partial charge on any atom is -0.409 e. The summed E-state index contributed by atoms with van der Waals surface area (Å²) in [7, 11) is -1.82. The molecule has 0 rings (SSSR count). The molecule has 0 aliphatic heterocycles. The summed E-state index contributed by atoms with van der Waals surface area (Å²) in [4.78, 5) is 0. The van der Waals surface area contributed by atoms with Gasteiger partial charge >= 0.3 is 0 Å². The van der Waals surface area contributed by atoms with Crippen LogP contribution in [0.2, 0.25) is 18.1 Å². The lowest BCUT2D eigenvalue weighted by molar-refractivity contribution is 0.245. The maximum atomic E-state index is 8.50. The van der Waals surface area contributed by atoms with E-state index >= 15 is 0 Å². The second kappa shape index (κ2) is 4.31. The van der Waals surface area contributed by atoms with Gasteiger partial charge in [0.1, 0.15) is 6.10 Å². The highest BCUT2D eigenvalue weighted by Crippen LogP contribution is 2.37. The van der Waals surface area contributed by atoms with Gasteiger partial charge in [-0.3, -0.25) is 0 Å². The van der Waals surface area contributed by atoms with Gasteiger partial charge in [-0.25, -0.2) is 0 Å². The van der Waals surface area contributed by atoms with Gasteiger partial charge in [-0.05, 0) is 25.1 Å². The van der Waals surface area contributed by atoms with Crippen molar-refractivity contribution in [1.29, 1.82) is 0 Å². The van der Waals surface area contributed by atoms with Crippen LogP contribution < -0.4 is 5.73 Å². The van der Waals surface area contributed by atoms with E-state index in [1.807, 2.05) is 0 Å². The van der Waals surface area contributed by atoms with E-state index in [2.05, 4.69) is 39.0 Å². The van der Waals surface area contributed by atoms with E-state index in [-0.39, 0.29) is 17.0 Å². The zero-order chi connectivity index (χ0) is 11.6. The third-order valence-electron chi connectivity index (χ3n) is 2.81. The average Bonchev–Trinajstić information content (AvgIpc) is 2.00. The Morgan fingerprint density at radius 3 is 2.14 bits per heavy atom. The van der Waals surface area contributed by atoms with Crippen LogP contribution in [0.25, 0.3) is 0 Å². The zero-order valence-corrected chi connectivity index (χ0v) is 11.0. The van der Waals surface area contributed by atoms with Gasteiger partial charge in [0, 0.05) is 0 Å². The summed E-state index contributed by atoms with van der Waals surface area (Å²) >= 11 is 0. The van der Waals surface area contributed by atoms with E-state index in [4.69, 9.17) is 15.4 Å². The molecular weight excluding hydrogens is 196 g/mol. The Morgan fingerprint density at radius 2 is 1.86 bits per heavy atom. The molecule has 1 atom stereocenters. The largest absolute Gasteiger partial charge is 0.409 e. The molecule has 3 N–H and O–H groups in total. The van der Waals surface area contributed by atoms with Crippen molar-refractivity contribution in [3.05, 3.63) is 0 Å². The first-order chi connectivity index (χ1) is 6.12. The Hall–Kier alpha value is -0.553. The topological polar surface area (TPSA) is 67.8 Å². The summed E-state index contributed by atoms with van der Waals surface area (Å²) in [5.41, 5.74) is 5.46. The van der Waals surface area contributed by atoms with Gasteiger partial charge in [0.25, 0.3) is 0 Å². The first-order valence-electron chi connectivity index (χ1n) is 4.77. The monoisotopic (exact) mass is 218 g/mol. The summed E-state index contributed by atoms with van der Waals surface area (Å²) in [5, 5.41) is 11.6. The highest BCUT2D eigenvalue weighted by atomic mass is 28.4. The summed E-state index contributed by atoms with van der Waals surface area (Å²) in [6.45, 7) is 12.5. The summed E-state index contributed by atoms with van der Waals surface area (Å²) < 4.78 is 5.88. The van der Waals surface area contributed by atoms with Crippen LogP contribution >= 0.6 is 0 Å². The Bertz CT molecular complexity index is 221. The minimum absolute atomic E-state index is 0.134. The second-order valence-electron chi connectivity index (χ2n) is 5.05. The molecule has 0 saturated carbocycles. The number of hydrogen-bond acceptors (Lipinski definition) is 3. The van der Waals surface area contributed by atoms with Crippen molar-refractivity contribution in [2.24, 2.45) is 10.9 Å². The summed E-state index contributed by atoms with van der Waals surface area (Å²) in [5.74, 6) is 0.134. The average molecular weight is 218 g/mol. The van der Waals surface area contributed by atoms with Crippen molar-refractivity contribution >= 4 is 14.2 Å². The zero-order valence-electron chi connectivity index (χ0n) is 9.96. The van der Waals surface area contributed by atoms with Gasteiger partial charge in [-0.1, -0.05) is 25.9 Å². The summed E-state index contributed by atoms with van der Waals surface area (Å²) in [6, 6.07) is 0. The molecule has 84 valence electrons. The van der Waals surface area contributed by atoms with Crippen LogP contribution in [0, 0.1) is 0 Å². The van der Waals surface area contributed by atoms with Gasteiger partial charge in [0.15, 0.2) is 14.2 Å². The highest BCUT2D eigenvalue weighted by Gasteiger charge is 2.38. The fourth-order valence-electron chi connectivity index (χ4n) is 0.760. The Balaban J connectivity index is 4.53. The molecule has 0 aromatic carbocycles. The fourth-order valence-corrected chi connectivity index (χ4v) is 2.12.